The Balaban J connectivity index is 2.60. The van der Waals surface area contributed by atoms with E-state index in [0.29, 0.717) is 30.1 Å². The highest BCUT2D eigenvalue weighted by molar-refractivity contribution is 9.13. The molecule has 0 bridgehead atoms. The van der Waals surface area contributed by atoms with Crippen LogP contribution < -0.4 is 0 Å². The Bertz CT molecular complexity index is 361. The fourth-order valence-electron chi connectivity index (χ4n) is 1.32. The number of ether oxygens (including phenoxy) is 1. The number of nitrogens with zero attached hydrogens (tertiary/aromatic N) is 1. The summed E-state index contributed by atoms with van der Waals surface area (Å²) in [5.41, 5.74) is 0. The van der Waals surface area contributed by atoms with Gasteiger partial charge in [-0.05, 0) is 37.9 Å². The van der Waals surface area contributed by atoms with Gasteiger partial charge in [0.25, 0.3) is 0 Å². The number of carboxylic acid groups (broad SMARTS) is 1. The van der Waals surface area contributed by atoms with Crippen molar-refractivity contribution in [3.05, 3.63) is 21.0 Å². The maximum absolute atomic E-state index is 10.7. The van der Waals surface area contributed by atoms with Crippen LogP contribution in [0.15, 0.2) is 19.6 Å². The molecular formula is C10H13Br2NO4. The van der Waals surface area contributed by atoms with Gasteiger partial charge in [-0.15, -0.1) is 0 Å². The molecule has 1 heterocycles. The molecule has 0 fully saturated rings. The van der Waals surface area contributed by atoms with Gasteiger partial charge in [0.15, 0.2) is 4.67 Å². The van der Waals surface area contributed by atoms with Crippen molar-refractivity contribution in [2.75, 3.05) is 26.8 Å². The van der Waals surface area contributed by atoms with Crippen LogP contribution in [0.3, 0.4) is 0 Å². The minimum absolute atomic E-state index is 0.0424. The van der Waals surface area contributed by atoms with E-state index in [1.807, 2.05) is 6.07 Å². The van der Waals surface area contributed by atoms with Gasteiger partial charge < -0.3 is 14.3 Å². The van der Waals surface area contributed by atoms with Gasteiger partial charge in [0.05, 0.1) is 24.2 Å². The second-order valence-corrected chi connectivity index (χ2v) is 5.01. The van der Waals surface area contributed by atoms with Gasteiger partial charge in [-0.3, -0.25) is 9.69 Å². The molecule has 17 heavy (non-hydrogen) atoms. The van der Waals surface area contributed by atoms with Crippen LogP contribution in [0.2, 0.25) is 0 Å². The maximum atomic E-state index is 10.7. The first-order valence-corrected chi connectivity index (χ1v) is 6.48. The van der Waals surface area contributed by atoms with Crippen molar-refractivity contribution in [2.45, 2.75) is 6.54 Å². The molecule has 0 saturated heterocycles. The van der Waals surface area contributed by atoms with E-state index >= 15 is 0 Å². The normalized spacial score (nSPS) is 11.1. The molecule has 0 aliphatic rings. The van der Waals surface area contributed by atoms with Crippen LogP contribution in [0.5, 0.6) is 0 Å². The van der Waals surface area contributed by atoms with Crippen molar-refractivity contribution >= 4 is 37.8 Å². The number of hydrogen-bond donors (Lipinski definition) is 1. The average Bonchev–Trinajstić information content (AvgIpc) is 2.54. The minimum atomic E-state index is -0.870. The molecule has 1 N–H and O–H groups in total. The fourth-order valence-corrected chi connectivity index (χ4v) is 1.97. The Labute approximate surface area is 116 Å². The second-order valence-electron chi connectivity index (χ2n) is 3.43. The Kier molecular flexibility index (Phi) is 6.18. The van der Waals surface area contributed by atoms with Crippen LogP contribution in [-0.4, -0.2) is 42.8 Å². The molecule has 0 radical (unpaired) electrons. The van der Waals surface area contributed by atoms with E-state index in [-0.39, 0.29) is 6.54 Å². The first kappa shape index (κ1) is 14.7. The summed E-state index contributed by atoms with van der Waals surface area (Å²) in [5, 5.41) is 8.79. The van der Waals surface area contributed by atoms with Crippen LogP contribution in [0.4, 0.5) is 0 Å². The van der Waals surface area contributed by atoms with Crippen molar-refractivity contribution in [1.29, 1.82) is 0 Å². The van der Waals surface area contributed by atoms with E-state index in [0.717, 1.165) is 4.47 Å². The van der Waals surface area contributed by atoms with Crippen LogP contribution in [0, 0.1) is 0 Å². The molecule has 0 atom stereocenters. The lowest BCUT2D eigenvalue weighted by molar-refractivity contribution is -0.138. The summed E-state index contributed by atoms with van der Waals surface area (Å²) in [5.74, 6) is -0.174. The van der Waals surface area contributed by atoms with Gasteiger partial charge in [-0.2, -0.15) is 0 Å². The number of methoxy groups -OCH3 is 1. The Morgan fingerprint density at radius 2 is 2.29 bits per heavy atom. The van der Waals surface area contributed by atoms with Gasteiger partial charge in [-0.25, -0.2) is 0 Å². The summed E-state index contributed by atoms with van der Waals surface area (Å²) in [6.45, 7) is 1.41. The van der Waals surface area contributed by atoms with E-state index in [9.17, 15) is 4.79 Å². The number of aliphatic carboxylic acids is 1. The number of rotatable bonds is 7. The quantitative estimate of drug-likeness (QED) is 0.798. The standard InChI is InChI=1S/C10H13Br2NO4/c1-16-3-2-13(6-9(14)15)5-7-4-8(11)10(12)17-7/h4H,2-3,5-6H2,1H3,(H,14,15). The molecule has 5 nitrogen and oxygen atoms in total. The summed E-state index contributed by atoms with van der Waals surface area (Å²) >= 11 is 6.55. The number of carbonyl (C=O) groups is 1. The SMILES string of the molecule is COCCN(CC(=O)O)Cc1cc(Br)c(Br)o1. The molecule has 96 valence electrons. The smallest absolute Gasteiger partial charge is 0.317 e. The summed E-state index contributed by atoms with van der Waals surface area (Å²) < 4.78 is 11.8. The van der Waals surface area contributed by atoms with Crippen LogP contribution in [0.1, 0.15) is 5.76 Å². The monoisotopic (exact) mass is 369 g/mol. The maximum Gasteiger partial charge on any atom is 0.317 e. The molecule has 0 aliphatic heterocycles. The first-order valence-electron chi connectivity index (χ1n) is 4.89. The third-order valence-corrected chi connectivity index (χ3v) is 3.76. The minimum Gasteiger partial charge on any atom is -0.480 e. The summed E-state index contributed by atoms with van der Waals surface area (Å²) in [6.07, 6.45) is 0. The van der Waals surface area contributed by atoms with E-state index in [4.69, 9.17) is 14.3 Å². The number of carboxylic acids is 1. The third kappa shape index (κ3) is 5.20. The zero-order valence-electron chi connectivity index (χ0n) is 9.28. The highest BCUT2D eigenvalue weighted by Crippen LogP contribution is 2.27. The highest BCUT2D eigenvalue weighted by Gasteiger charge is 2.14. The molecule has 0 unspecified atom stereocenters. The first-order chi connectivity index (χ1) is 8.02. The Morgan fingerprint density at radius 1 is 1.59 bits per heavy atom. The van der Waals surface area contributed by atoms with Crippen LogP contribution in [0.25, 0.3) is 0 Å². The van der Waals surface area contributed by atoms with Crippen molar-refractivity contribution in [1.82, 2.24) is 4.90 Å². The topological polar surface area (TPSA) is 62.9 Å². The van der Waals surface area contributed by atoms with E-state index < -0.39 is 5.97 Å². The molecule has 0 spiro atoms. The van der Waals surface area contributed by atoms with Gasteiger partial charge >= 0.3 is 5.97 Å². The van der Waals surface area contributed by atoms with Crippen molar-refractivity contribution in [3.8, 4) is 0 Å². The van der Waals surface area contributed by atoms with Gasteiger partial charge in [0.2, 0.25) is 0 Å². The van der Waals surface area contributed by atoms with E-state index in [2.05, 4.69) is 31.9 Å². The van der Waals surface area contributed by atoms with Gasteiger partial charge in [-0.1, -0.05) is 0 Å². The van der Waals surface area contributed by atoms with Crippen molar-refractivity contribution in [3.63, 3.8) is 0 Å². The molecule has 7 heteroatoms. The van der Waals surface area contributed by atoms with Crippen LogP contribution >= 0.6 is 31.9 Å². The zero-order chi connectivity index (χ0) is 12.8. The molecule has 0 saturated carbocycles. The van der Waals surface area contributed by atoms with Gasteiger partial charge in [0, 0.05) is 13.7 Å². The number of halogens is 2. The number of furan rings is 1. The molecular weight excluding hydrogens is 358 g/mol. The number of hydrogen-bond acceptors (Lipinski definition) is 4. The van der Waals surface area contributed by atoms with Crippen LogP contribution in [-0.2, 0) is 16.1 Å². The third-order valence-electron chi connectivity index (χ3n) is 2.05. The van der Waals surface area contributed by atoms with Crippen molar-refractivity contribution in [2.24, 2.45) is 0 Å². The summed E-state index contributed by atoms with van der Waals surface area (Å²) in [4.78, 5) is 12.4. The molecule has 0 amide bonds. The molecule has 1 aromatic rings. The van der Waals surface area contributed by atoms with E-state index in [1.54, 1.807) is 12.0 Å². The lowest BCUT2D eigenvalue weighted by Crippen LogP contribution is -2.32. The lowest BCUT2D eigenvalue weighted by atomic mass is 10.4. The molecule has 0 aromatic carbocycles. The highest BCUT2D eigenvalue weighted by atomic mass is 79.9. The molecule has 0 aliphatic carbocycles. The summed E-state index contributed by atoms with van der Waals surface area (Å²) in [7, 11) is 1.58. The lowest BCUT2D eigenvalue weighted by Gasteiger charge is -2.18. The fraction of sp³-hybridized carbons (Fsp3) is 0.500. The van der Waals surface area contributed by atoms with Crippen molar-refractivity contribution < 1.29 is 19.1 Å². The second kappa shape index (κ2) is 7.15. The predicted molar refractivity (Wildman–Crippen MR) is 68.9 cm³/mol. The van der Waals surface area contributed by atoms with Gasteiger partial charge in [0.1, 0.15) is 5.76 Å². The molecule has 1 rings (SSSR count). The van der Waals surface area contributed by atoms with E-state index in [1.165, 1.54) is 0 Å². The molecule has 1 aromatic heterocycles. The average molecular weight is 371 g/mol. The largest absolute Gasteiger partial charge is 0.480 e. The zero-order valence-corrected chi connectivity index (χ0v) is 12.5. The Morgan fingerprint density at radius 3 is 2.76 bits per heavy atom. The Hall–Kier alpha value is -0.370. The predicted octanol–water partition coefficient (Wildman–Crippen LogP) is 2.34. The summed E-state index contributed by atoms with van der Waals surface area (Å²) in [6, 6.07) is 1.81.